The molecular formula is C34H43FN8O4S. The van der Waals surface area contributed by atoms with E-state index in [-0.39, 0.29) is 36.1 Å². The van der Waals surface area contributed by atoms with Crippen LogP contribution in [-0.2, 0) is 9.47 Å². The van der Waals surface area contributed by atoms with Crippen LogP contribution in [0, 0.1) is 0 Å². The molecule has 1 aromatic carbocycles. The molecule has 2 aliphatic heterocycles. The Bertz CT molecular complexity index is 1710. The number of nitrogens with zero attached hydrogens (tertiary/aromatic N) is 6. The van der Waals surface area contributed by atoms with E-state index in [1.54, 1.807) is 35.4 Å². The zero-order chi connectivity index (χ0) is 34.3. The third kappa shape index (κ3) is 8.34. The largest absolute Gasteiger partial charge is 0.444 e. The number of hydrogen-bond acceptors (Lipinski definition) is 10. The minimum absolute atomic E-state index is 0.0149. The van der Waals surface area contributed by atoms with Gasteiger partial charge in [-0.05, 0) is 69.5 Å². The molecule has 1 unspecified atom stereocenters. The normalized spacial score (nSPS) is 16.6. The van der Waals surface area contributed by atoms with E-state index in [0.717, 1.165) is 35.3 Å². The van der Waals surface area contributed by atoms with Gasteiger partial charge >= 0.3 is 6.09 Å². The van der Waals surface area contributed by atoms with Crippen molar-refractivity contribution >= 4 is 52.6 Å². The van der Waals surface area contributed by atoms with E-state index in [0.29, 0.717) is 56.4 Å². The highest BCUT2D eigenvalue weighted by Crippen LogP contribution is 2.36. The van der Waals surface area contributed by atoms with Gasteiger partial charge in [0.15, 0.2) is 18.0 Å². The summed E-state index contributed by atoms with van der Waals surface area (Å²) in [5.74, 6) is 0.383. The molecule has 256 valence electrons. The Hall–Kier alpha value is -4.43. The molecule has 1 atom stereocenters. The van der Waals surface area contributed by atoms with Crippen molar-refractivity contribution in [3.8, 4) is 11.3 Å². The Morgan fingerprint density at radius 1 is 1.00 bits per heavy atom. The van der Waals surface area contributed by atoms with Crippen molar-refractivity contribution in [1.29, 1.82) is 0 Å². The number of aromatic nitrogens is 4. The fourth-order valence-electron chi connectivity index (χ4n) is 5.66. The summed E-state index contributed by atoms with van der Waals surface area (Å²) in [5, 5.41) is 7.09. The number of rotatable bonds is 7. The van der Waals surface area contributed by atoms with Crippen molar-refractivity contribution in [3.63, 3.8) is 0 Å². The summed E-state index contributed by atoms with van der Waals surface area (Å²) in [5.41, 5.74) is 2.87. The van der Waals surface area contributed by atoms with Gasteiger partial charge in [-0.3, -0.25) is 9.78 Å². The van der Waals surface area contributed by atoms with Gasteiger partial charge in [0, 0.05) is 49.8 Å². The van der Waals surface area contributed by atoms with Crippen LogP contribution < -0.4 is 15.5 Å². The second-order valence-electron chi connectivity index (χ2n) is 12.3. The van der Waals surface area contributed by atoms with Crippen molar-refractivity contribution in [2.24, 2.45) is 0 Å². The monoisotopic (exact) mass is 678 g/mol. The van der Waals surface area contributed by atoms with Crippen molar-refractivity contribution < 1.29 is 22.9 Å². The van der Waals surface area contributed by atoms with E-state index in [1.807, 2.05) is 52.8 Å². The number of likely N-dealkylation sites (tertiary alicyclic amines) is 1. The van der Waals surface area contributed by atoms with E-state index in [4.69, 9.17) is 9.47 Å². The average molecular weight is 679 g/mol. The summed E-state index contributed by atoms with van der Waals surface area (Å²) in [4.78, 5) is 42.6. The number of morpholine rings is 1. The number of benzene rings is 1. The molecule has 2 fully saturated rings. The van der Waals surface area contributed by atoms with Crippen LogP contribution in [0.4, 0.5) is 25.9 Å². The molecule has 0 aliphatic carbocycles. The highest BCUT2D eigenvalue weighted by atomic mass is 32.2. The molecule has 3 aromatic heterocycles. The molecule has 2 amide bonds. The van der Waals surface area contributed by atoms with Crippen LogP contribution in [0.15, 0.2) is 55.0 Å². The maximum Gasteiger partial charge on any atom is 0.410 e. The zero-order valence-corrected chi connectivity index (χ0v) is 28.8. The number of fused-ring (bicyclic) bond motifs is 1. The van der Waals surface area contributed by atoms with Gasteiger partial charge in [-0.25, -0.2) is 18.7 Å². The van der Waals surface area contributed by atoms with Gasteiger partial charge in [0.25, 0.3) is 5.91 Å². The van der Waals surface area contributed by atoms with Gasteiger partial charge < -0.3 is 29.9 Å². The maximum atomic E-state index is 14.2. The second-order valence-corrected chi connectivity index (χ2v) is 12.8. The number of ether oxygens (including phenoxy) is 2. The number of piperidine rings is 1. The highest BCUT2D eigenvalue weighted by molar-refractivity contribution is 7.93. The lowest BCUT2D eigenvalue weighted by Gasteiger charge is -2.34. The SMILES string of the molecule is CC.CC(C)(C)OC(=O)N1CCCC(Nc2ccnc(C(=O)Nc3ccc(-c4cc5c(N6CCOCC6)ncnc5n4SF)cc3)c2)C1. The zero-order valence-electron chi connectivity index (χ0n) is 28.0. The Morgan fingerprint density at radius 2 is 1.75 bits per heavy atom. The van der Waals surface area contributed by atoms with Crippen molar-refractivity contribution in [2.45, 2.75) is 59.1 Å². The number of pyridine rings is 1. The number of amides is 2. The molecule has 0 saturated carbocycles. The lowest BCUT2D eigenvalue weighted by Crippen LogP contribution is -2.47. The summed E-state index contributed by atoms with van der Waals surface area (Å²) in [7, 11) is 0. The first-order valence-electron chi connectivity index (χ1n) is 16.3. The summed E-state index contributed by atoms with van der Waals surface area (Å²) in [6.07, 6.45) is 4.44. The highest BCUT2D eigenvalue weighted by Gasteiger charge is 2.28. The molecule has 4 aromatic rings. The number of hydrogen-bond donors (Lipinski definition) is 2. The molecule has 5 heterocycles. The van der Waals surface area contributed by atoms with E-state index >= 15 is 0 Å². The Labute approximate surface area is 284 Å². The van der Waals surface area contributed by atoms with Crippen LogP contribution in [0.25, 0.3) is 22.3 Å². The number of nitrogens with one attached hydrogen (secondary N) is 2. The lowest BCUT2D eigenvalue weighted by atomic mass is 10.1. The maximum absolute atomic E-state index is 14.2. The van der Waals surface area contributed by atoms with Crippen molar-refractivity contribution in [3.05, 3.63) is 60.7 Å². The predicted octanol–water partition coefficient (Wildman–Crippen LogP) is 6.80. The molecule has 14 heteroatoms. The molecular weight excluding hydrogens is 635 g/mol. The number of carbonyl (C=O) groups is 2. The van der Waals surface area contributed by atoms with Gasteiger partial charge in [0.1, 0.15) is 23.4 Å². The number of carbonyl (C=O) groups excluding carboxylic acids is 2. The first kappa shape index (κ1) is 34.9. The first-order chi connectivity index (χ1) is 23.2. The average Bonchev–Trinajstić information content (AvgIpc) is 3.48. The van der Waals surface area contributed by atoms with E-state index in [1.165, 1.54) is 10.3 Å². The fourth-order valence-corrected chi connectivity index (χ4v) is 6.11. The Balaban J connectivity index is 0.00000221. The number of halogens is 1. The molecule has 0 bridgehead atoms. The van der Waals surface area contributed by atoms with Crippen LogP contribution in [0.3, 0.4) is 0 Å². The van der Waals surface area contributed by atoms with Crippen LogP contribution in [0.1, 0.15) is 57.9 Å². The smallest absolute Gasteiger partial charge is 0.410 e. The second kappa shape index (κ2) is 15.6. The first-order valence-corrected chi connectivity index (χ1v) is 17.0. The minimum Gasteiger partial charge on any atom is -0.444 e. The summed E-state index contributed by atoms with van der Waals surface area (Å²) >= 11 is 0.0846. The van der Waals surface area contributed by atoms with Crippen LogP contribution in [-0.4, -0.2) is 86.9 Å². The molecule has 6 rings (SSSR count). The summed E-state index contributed by atoms with van der Waals surface area (Å²) < 4.78 is 26.7. The van der Waals surface area contributed by atoms with Gasteiger partial charge in [-0.15, -0.1) is 3.89 Å². The van der Waals surface area contributed by atoms with E-state index in [2.05, 4.69) is 30.5 Å². The molecule has 48 heavy (non-hydrogen) atoms. The Morgan fingerprint density at radius 3 is 2.46 bits per heavy atom. The fraction of sp³-hybridized carbons (Fsp3) is 0.441. The third-order valence-electron chi connectivity index (χ3n) is 7.79. The predicted molar refractivity (Wildman–Crippen MR) is 188 cm³/mol. The third-order valence-corrected chi connectivity index (χ3v) is 8.30. The van der Waals surface area contributed by atoms with Gasteiger partial charge in [0.2, 0.25) is 0 Å². The molecule has 2 aliphatic rings. The molecule has 0 spiro atoms. The standard InChI is InChI=1S/C32H37FN8O4S.C2H6/c1-32(2,3)45-31(43)40-12-4-5-24(19-40)37-23-10-11-34-26(17-23)30(42)38-22-8-6-21(7-9-22)27-18-25-28(39-13-15-44-16-14-39)35-20-36-29(25)41(27)46-33;1-2/h6-11,17-18,20,24H,4-5,12-16,19H2,1-3H3,(H,34,37)(H,38,42);1-2H3. The topological polar surface area (TPSA) is 127 Å². The summed E-state index contributed by atoms with van der Waals surface area (Å²) in [6, 6.07) is 12.6. The van der Waals surface area contributed by atoms with Gasteiger partial charge in [-0.2, -0.15) is 0 Å². The molecule has 12 nitrogen and oxygen atoms in total. The van der Waals surface area contributed by atoms with Gasteiger partial charge in [0.05, 0.1) is 24.3 Å². The van der Waals surface area contributed by atoms with Crippen LogP contribution in [0.2, 0.25) is 0 Å². The molecule has 2 N–H and O–H groups in total. The van der Waals surface area contributed by atoms with E-state index in [9.17, 15) is 13.5 Å². The minimum atomic E-state index is -0.555. The summed E-state index contributed by atoms with van der Waals surface area (Å²) in [6.45, 7) is 13.3. The van der Waals surface area contributed by atoms with Crippen molar-refractivity contribution in [1.82, 2.24) is 23.8 Å². The van der Waals surface area contributed by atoms with E-state index < -0.39 is 5.60 Å². The lowest BCUT2D eigenvalue weighted by molar-refractivity contribution is 0.0206. The number of anilines is 3. The Kier molecular flexibility index (Phi) is 11.4. The quantitative estimate of drug-likeness (QED) is 0.216. The van der Waals surface area contributed by atoms with Gasteiger partial charge in [-0.1, -0.05) is 26.0 Å². The van der Waals surface area contributed by atoms with Crippen LogP contribution in [0.5, 0.6) is 0 Å². The van der Waals surface area contributed by atoms with Crippen molar-refractivity contribution in [2.75, 3.05) is 54.9 Å². The molecule has 2 saturated heterocycles. The molecule has 0 radical (unpaired) electrons. The van der Waals surface area contributed by atoms with Crippen LogP contribution >= 0.6 is 12.3 Å².